The number of carboxylic acid groups (broad SMARTS) is 1. The van der Waals surface area contributed by atoms with E-state index in [-0.39, 0.29) is 28.1 Å². The van der Waals surface area contributed by atoms with E-state index in [9.17, 15) is 19.1 Å². The number of nitrogens with two attached hydrogens (primary N) is 1. The number of hydrogen-bond acceptors (Lipinski definition) is 5. The highest BCUT2D eigenvalue weighted by atomic mass is 19.1. The second-order valence-corrected chi connectivity index (χ2v) is 4.18. The minimum atomic E-state index is -1.23. The number of hydrogen-bond donors (Lipinski definition) is 2. The summed E-state index contributed by atoms with van der Waals surface area (Å²) in [5, 5.41) is 9.18. The van der Waals surface area contributed by atoms with Gasteiger partial charge >= 0.3 is 11.9 Å². The SMILES string of the molecule is COC(=O)c1cc(F)cc(-c2cnc(N)cc2C(=O)O)c1. The molecule has 21 heavy (non-hydrogen) atoms. The number of carbonyl (C=O) groups is 2. The minimum absolute atomic E-state index is 0.0272. The van der Waals surface area contributed by atoms with Gasteiger partial charge in [-0.3, -0.25) is 0 Å². The molecule has 0 aliphatic rings. The fraction of sp³-hybridized carbons (Fsp3) is 0.0714. The number of aromatic carboxylic acids is 1. The van der Waals surface area contributed by atoms with E-state index in [4.69, 9.17) is 5.73 Å². The van der Waals surface area contributed by atoms with Gasteiger partial charge in [0, 0.05) is 11.8 Å². The smallest absolute Gasteiger partial charge is 0.337 e. The summed E-state index contributed by atoms with van der Waals surface area (Å²) in [6.45, 7) is 0. The number of anilines is 1. The van der Waals surface area contributed by atoms with Crippen molar-refractivity contribution in [3.8, 4) is 11.1 Å². The Kier molecular flexibility index (Phi) is 3.84. The number of carboxylic acids is 1. The van der Waals surface area contributed by atoms with Crippen molar-refractivity contribution in [2.45, 2.75) is 0 Å². The largest absolute Gasteiger partial charge is 0.478 e. The van der Waals surface area contributed by atoms with Crippen molar-refractivity contribution in [1.29, 1.82) is 0 Å². The predicted molar refractivity (Wildman–Crippen MR) is 72.3 cm³/mol. The highest BCUT2D eigenvalue weighted by molar-refractivity contribution is 5.98. The highest BCUT2D eigenvalue weighted by Gasteiger charge is 2.16. The van der Waals surface area contributed by atoms with Crippen molar-refractivity contribution >= 4 is 17.8 Å². The third-order valence-corrected chi connectivity index (χ3v) is 2.79. The molecule has 3 N–H and O–H groups in total. The fourth-order valence-electron chi connectivity index (χ4n) is 1.86. The first kappa shape index (κ1) is 14.4. The number of halogens is 1. The molecule has 0 unspecified atom stereocenters. The number of aromatic nitrogens is 1. The van der Waals surface area contributed by atoms with Gasteiger partial charge in [-0.1, -0.05) is 0 Å². The molecule has 2 rings (SSSR count). The molecular formula is C14H11FN2O4. The zero-order valence-corrected chi connectivity index (χ0v) is 11.0. The van der Waals surface area contributed by atoms with Crippen molar-refractivity contribution in [3.63, 3.8) is 0 Å². The van der Waals surface area contributed by atoms with Crippen LogP contribution in [0.3, 0.4) is 0 Å². The average Bonchev–Trinajstić information content (AvgIpc) is 2.45. The van der Waals surface area contributed by atoms with Crippen LogP contribution in [0.25, 0.3) is 11.1 Å². The summed E-state index contributed by atoms with van der Waals surface area (Å²) in [7, 11) is 1.17. The van der Waals surface area contributed by atoms with Gasteiger partial charge in [0.15, 0.2) is 0 Å². The summed E-state index contributed by atoms with van der Waals surface area (Å²) in [6.07, 6.45) is 1.22. The number of ether oxygens (including phenoxy) is 1. The van der Waals surface area contributed by atoms with Gasteiger partial charge in [0.1, 0.15) is 11.6 Å². The van der Waals surface area contributed by atoms with E-state index in [1.54, 1.807) is 0 Å². The molecule has 108 valence electrons. The van der Waals surface area contributed by atoms with Crippen LogP contribution >= 0.6 is 0 Å². The van der Waals surface area contributed by atoms with Crippen molar-refractivity contribution in [2.75, 3.05) is 12.8 Å². The highest BCUT2D eigenvalue weighted by Crippen LogP contribution is 2.26. The van der Waals surface area contributed by atoms with Crippen LogP contribution in [-0.4, -0.2) is 29.1 Å². The van der Waals surface area contributed by atoms with E-state index < -0.39 is 17.8 Å². The van der Waals surface area contributed by atoms with E-state index >= 15 is 0 Å². The first-order chi connectivity index (χ1) is 9.92. The number of rotatable bonds is 3. The van der Waals surface area contributed by atoms with Gasteiger partial charge in [-0.2, -0.15) is 0 Å². The molecule has 1 heterocycles. The van der Waals surface area contributed by atoms with Gasteiger partial charge in [0.05, 0.1) is 18.2 Å². The van der Waals surface area contributed by atoms with Crippen molar-refractivity contribution < 1.29 is 23.8 Å². The predicted octanol–water partition coefficient (Wildman–Crippen LogP) is 1.95. The van der Waals surface area contributed by atoms with Crippen molar-refractivity contribution in [1.82, 2.24) is 4.98 Å². The Labute approximate surface area is 119 Å². The molecule has 0 fully saturated rings. The number of benzene rings is 1. The Hall–Kier alpha value is -2.96. The summed E-state index contributed by atoms with van der Waals surface area (Å²) in [5.74, 6) is -2.62. The molecule has 2 aromatic rings. The van der Waals surface area contributed by atoms with E-state index in [0.29, 0.717) is 0 Å². The molecule has 0 saturated carbocycles. The molecule has 1 aromatic carbocycles. The second kappa shape index (κ2) is 5.58. The molecule has 0 saturated heterocycles. The Bertz CT molecular complexity index is 731. The molecule has 1 aromatic heterocycles. The number of carbonyl (C=O) groups excluding carboxylic acids is 1. The Morgan fingerprint density at radius 2 is 2.00 bits per heavy atom. The summed E-state index contributed by atoms with van der Waals surface area (Å²) in [4.78, 5) is 26.5. The Morgan fingerprint density at radius 1 is 1.29 bits per heavy atom. The summed E-state index contributed by atoms with van der Waals surface area (Å²) in [5.41, 5.74) is 5.64. The van der Waals surface area contributed by atoms with Gasteiger partial charge < -0.3 is 15.6 Å². The molecule has 0 aliphatic heterocycles. The van der Waals surface area contributed by atoms with Crippen LogP contribution in [-0.2, 0) is 4.74 Å². The molecular weight excluding hydrogens is 279 g/mol. The van der Waals surface area contributed by atoms with Crippen LogP contribution in [0.2, 0.25) is 0 Å². The van der Waals surface area contributed by atoms with E-state index in [1.165, 1.54) is 25.4 Å². The van der Waals surface area contributed by atoms with Crippen LogP contribution in [0.15, 0.2) is 30.5 Å². The van der Waals surface area contributed by atoms with E-state index in [0.717, 1.165) is 12.1 Å². The molecule has 0 radical (unpaired) electrons. The van der Waals surface area contributed by atoms with Crippen LogP contribution in [0, 0.1) is 5.82 Å². The topological polar surface area (TPSA) is 103 Å². The number of nitrogen functional groups attached to an aromatic ring is 1. The molecule has 0 bridgehead atoms. The maximum absolute atomic E-state index is 13.6. The van der Waals surface area contributed by atoms with Gasteiger partial charge in [-0.25, -0.2) is 19.0 Å². The van der Waals surface area contributed by atoms with Gasteiger partial charge in [-0.15, -0.1) is 0 Å². The first-order valence-corrected chi connectivity index (χ1v) is 5.80. The third-order valence-electron chi connectivity index (χ3n) is 2.79. The first-order valence-electron chi connectivity index (χ1n) is 5.80. The monoisotopic (exact) mass is 290 g/mol. The second-order valence-electron chi connectivity index (χ2n) is 4.18. The van der Waals surface area contributed by atoms with Crippen LogP contribution in [0.5, 0.6) is 0 Å². The Balaban J connectivity index is 2.64. The number of methoxy groups -OCH3 is 1. The van der Waals surface area contributed by atoms with Crippen molar-refractivity contribution in [3.05, 3.63) is 47.4 Å². The van der Waals surface area contributed by atoms with Crippen LogP contribution in [0.1, 0.15) is 20.7 Å². The molecule has 0 amide bonds. The van der Waals surface area contributed by atoms with E-state index in [1.807, 2.05) is 0 Å². The quantitative estimate of drug-likeness (QED) is 0.838. The number of pyridine rings is 1. The standard InChI is InChI=1S/C14H11FN2O4/c1-21-14(20)8-2-7(3-9(15)4-8)11-6-17-12(16)5-10(11)13(18)19/h2-6H,1H3,(H2,16,17)(H,18,19). The average molecular weight is 290 g/mol. The zero-order chi connectivity index (χ0) is 15.6. The van der Waals surface area contributed by atoms with Crippen molar-refractivity contribution in [2.24, 2.45) is 0 Å². The number of nitrogens with zero attached hydrogens (tertiary/aromatic N) is 1. The normalized spacial score (nSPS) is 10.2. The Morgan fingerprint density at radius 3 is 2.62 bits per heavy atom. The zero-order valence-electron chi connectivity index (χ0n) is 11.0. The molecule has 7 heteroatoms. The summed E-state index contributed by atoms with van der Waals surface area (Å²) >= 11 is 0. The molecule has 0 atom stereocenters. The van der Waals surface area contributed by atoms with Gasteiger partial charge in [0.2, 0.25) is 0 Å². The summed E-state index contributed by atoms with van der Waals surface area (Å²) < 4.78 is 18.1. The summed E-state index contributed by atoms with van der Waals surface area (Å²) in [6, 6.07) is 4.60. The molecule has 0 aliphatic carbocycles. The van der Waals surface area contributed by atoms with Crippen LogP contribution in [0.4, 0.5) is 10.2 Å². The molecule has 0 spiro atoms. The minimum Gasteiger partial charge on any atom is -0.478 e. The van der Waals surface area contributed by atoms with E-state index in [2.05, 4.69) is 9.72 Å². The number of esters is 1. The fourth-order valence-corrected chi connectivity index (χ4v) is 1.86. The lowest BCUT2D eigenvalue weighted by Gasteiger charge is -2.08. The van der Waals surface area contributed by atoms with Gasteiger partial charge in [0.25, 0.3) is 0 Å². The lowest BCUT2D eigenvalue weighted by Crippen LogP contribution is -2.05. The van der Waals surface area contributed by atoms with Crippen LogP contribution < -0.4 is 5.73 Å². The lowest BCUT2D eigenvalue weighted by atomic mass is 9.99. The lowest BCUT2D eigenvalue weighted by molar-refractivity contribution is 0.0599. The molecule has 6 nitrogen and oxygen atoms in total. The third kappa shape index (κ3) is 2.97. The van der Waals surface area contributed by atoms with Gasteiger partial charge in [-0.05, 0) is 29.8 Å². The maximum Gasteiger partial charge on any atom is 0.337 e. The maximum atomic E-state index is 13.6.